The summed E-state index contributed by atoms with van der Waals surface area (Å²) >= 11 is 5.97. The summed E-state index contributed by atoms with van der Waals surface area (Å²) in [6.07, 6.45) is 3.72. The van der Waals surface area contributed by atoms with E-state index < -0.39 is 0 Å². The highest BCUT2D eigenvalue weighted by Gasteiger charge is 2.23. The minimum Gasteiger partial charge on any atom is -0.382 e. The molecular formula is C17H24ClN3. The summed E-state index contributed by atoms with van der Waals surface area (Å²) in [7, 11) is 0. The van der Waals surface area contributed by atoms with Crippen molar-refractivity contribution in [2.45, 2.75) is 39.2 Å². The number of hydrogen-bond acceptors (Lipinski definition) is 3. The van der Waals surface area contributed by atoms with Gasteiger partial charge in [-0.25, -0.2) is 0 Å². The fourth-order valence-corrected chi connectivity index (χ4v) is 3.23. The van der Waals surface area contributed by atoms with Gasteiger partial charge in [0, 0.05) is 11.7 Å². The molecule has 1 aromatic rings. The molecule has 0 spiro atoms. The van der Waals surface area contributed by atoms with E-state index in [1.165, 1.54) is 38.9 Å². The predicted molar refractivity (Wildman–Crippen MR) is 88.7 cm³/mol. The van der Waals surface area contributed by atoms with Crippen LogP contribution in [0, 0.1) is 17.2 Å². The molecule has 0 aromatic heterocycles. The Morgan fingerprint density at radius 2 is 2.14 bits per heavy atom. The van der Waals surface area contributed by atoms with Crippen LogP contribution >= 0.6 is 11.6 Å². The first-order valence-electron chi connectivity index (χ1n) is 7.82. The monoisotopic (exact) mass is 305 g/mol. The van der Waals surface area contributed by atoms with Crippen LogP contribution in [0.1, 0.15) is 38.7 Å². The zero-order valence-corrected chi connectivity index (χ0v) is 13.7. The van der Waals surface area contributed by atoms with Crippen LogP contribution in [-0.2, 0) is 0 Å². The van der Waals surface area contributed by atoms with Crippen molar-refractivity contribution < 1.29 is 0 Å². The lowest BCUT2D eigenvalue weighted by Crippen LogP contribution is -2.39. The molecule has 1 unspecified atom stereocenters. The van der Waals surface area contributed by atoms with E-state index in [2.05, 4.69) is 30.1 Å². The van der Waals surface area contributed by atoms with E-state index in [1.807, 2.05) is 12.1 Å². The Bertz CT molecular complexity index is 501. The Morgan fingerprint density at radius 1 is 1.43 bits per heavy atom. The molecule has 4 heteroatoms. The molecule has 0 bridgehead atoms. The van der Waals surface area contributed by atoms with Gasteiger partial charge in [0.05, 0.1) is 10.6 Å². The molecule has 1 atom stereocenters. The van der Waals surface area contributed by atoms with Gasteiger partial charge in [0.1, 0.15) is 6.07 Å². The van der Waals surface area contributed by atoms with Crippen LogP contribution in [0.5, 0.6) is 0 Å². The summed E-state index contributed by atoms with van der Waals surface area (Å²) in [6, 6.07) is 8.13. The van der Waals surface area contributed by atoms with E-state index in [1.54, 1.807) is 6.07 Å². The van der Waals surface area contributed by atoms with Crippen LogP contribution < -0.4 is 5.32 Å². The average molecular weight is 306 g/mol. The number of hydrogen-bond donors (Lipinski definition) is 1. The third-order valence-corrected chi connectivity index (χ3v) is 4.69. The van der Waals surface area contributed by atoms with Gasteiger partial charge in [-0.2, -0.15) is 5.26 Å². The molecule has 1 saturated heterocycles. The molecule has 0 amide bonds. The fraction of sp³-hybridized carbons (Fsp3) is 0.588. The largest absolute Gasteiger partial charge is 0.382 e. The number of nitrogens with one attached hydrogen (secondary N) is 1. The zero-order valence-electron chi connectivity index (χ0n) is 12.9. The second kappa shape index (κ2) is 7.68. The summed E-state index contributed by atoms with van der Waals surface area (Å²) < 4.78 is 0. The van der Waals surface area contributed by atoms with Crippen LogP contribution in [0.2, 0.25) is 5.02 Å². The van der Waals surface area contributed by atoms with Gasteiger partial charge in [-0.05, 0) is 69.9 Å². The van der Waals surface area contributed by atoms with E-state index in [4.69, 9.17) is 16.9 Å². The minimum absolute atomic E-state index is 0.418. The number of halogens is 1. The third-order valence-electron chi connectivity index (χ3n) is 4.36. The van der Waals surface area contributed by atoms with Crippen molar-refractivity contribution in [2.75, 3.05) is 25.0 Å². The van der Waals surface area contributed by atoms with Gasteiger partial charge < -0.3 is 10.2 Å². The summed E-state index contributed by atoms with van der Waals surface area (Å²) in [5, 5.41) is 13.1. The van der Waals surface area contributed by atoms with Gasteiger partial charge in [0.2, 0.25) is 0 Å². The molecule has 1 heterocycles. The first-order chi connectivity index (χ1) is 10.1. The average Bonchev–Trinajstić information content (AvgIpc) is 2.50. The number of piperidine rings is 1. The summed E-state index contributed by atoms with van der Waals surface area (Å²) in [5.74, 6) is 0.694. The van der Waals surface area contributed by atoms with Crippen LogP contribution in [0.25, 0.3) is 0 Å². The maximum Gasteiger partial charge on any atom is 0.101 e. The van der Waals surface area contributed by atoms with Gasteiger partial charge in [0.25, 0.3) is 0 Å². The molecule has 1 aromatic carbocycles. The molecule has 0 radical (unpaired) electrons. The van der Waals surface area contributed by atoms with Crippen LogP contribution in [0.15, 0.2) is 18.2 Å². The summed E-state index contributed by atoms with van der Waals surface area (Å²) in [4.78, 5) is 2.55. The summed E-state index contributed by atoms with van der Waals surface area (Å²) in [6.45, 7) is 8.10. The van der Waals surface area contributed by atoms with Gasteiger partial charge in [-0.15, -0.1) is 0 Å². The number of likely N-dealkylation sites (tertiary alicyclic amines) is 1. The number of nitrogens with zero attached hydrogens (tertiary/aromatic N) is 2. The zero-order chi connectivity index (χ0) is 15.2. The Morgan fingerprint density at radius 3 is 2.76 bits per heavy atom. The van der Waals surface area contributed by atoms with E-state index in [-0.39, 0.29) is 0 Å². The van der Waals surface area contributed by atoms with Crippen molar-refractivity contribution in [1.82, 2.24) is 4.90 Å². The number of nitriles is 1. The van der Waals surface area contributed by atoms with Crippen molar-refractivity contribution in [2.24, 2.45) is 5.92 Å². The van der Waals surface area contributed by atoms with E-state index in [9.17, 15) is 0 Å². The van der Waals surface area contributed by atoms with Gasteiger partial charge in [-0.3, -0.25) is 0 Å². The SMILES string of the molecule is CCCN1CCC(C(C)Nc2ccc(Cl)c(C#N)c2)CC1. The maximum atomic E-state index is 9.04. The molecule has 1 aliphatic heterocycles. The molecule has 1 N–H and O–H groups in total. The normalized spacial score (nSPS) is 18.2. The molecular weight excluding hydrogens is 282 g/mol. The first kappa shape index (κ1) is 16.1. The lowest BCUT2D eigenvalue weighted by Gasteiger charge is -2.35. The highest BCUT2D eigenvalue weighted by molar-refractivity contribution is 6.31. The quantitative estimate of drug-likeness (QED) is 0.889. The molecule has 1 fully saturated rings. The first-order valence-corrected chi connectivity index (χ1v) is 8.20. The van der Waals surface area contributed by atoms with Gasteiger partial charge >= 0.3 is 0 Å². The Hall–Kier alpha value is -1.24. The second-order valence-electron chi connectivity index (χ2n) is 5.92. The van der Waals surface area contributed by atoms with Crippen LogP contribution in [0.3, 0.4) is 0 Å². The Labute approximate surface area is 132 Å². The van der Waals surface area contributed by atoms with Crippen molar-refractivity contribution in [3.8, 4) is 6.07 Å². The predicted octanol–water partition coefficient (Wildman–Crippen LogP) is 4.13. The third kappa shape index (κ3) is 4.36. The number of rotatable bonds is 5. The van der Waals surface area contributed by atoms with E-state index >= 15 is 0 Å². The molecule has 0 aliphatic carbocycles. The van der Waals surface area contributed by atoms with Gasteiger partial charge in [-0.1, -0.05) is 18.5 Å². The van der Waals surface area contributed by atoms with Crippen LogP contribution in [-0.4, -0.2) is 30.6 Å². The highest BCUT2D eigenvalue weighted by Crippen LogP contribution is 2.25. The minimum atomic E-state index is 0.418. The summed E-state index contributed by atoms with van der Waals surface area (Å²) in [5.41, 5.74) is 1.52. The highest BCUT2D eigenvalue weighted by atomic mass is 35.5. The maximum absolute atomic E-state index is 9.04. The van der Waals surface area contributed by atoms with Gasteiger partial charge in [0.15, 0.2) is 0 Å². The molecule has 1 aliphatic rings. The van der Waals surface area contributed by atoms with Crippen molar-refractivity contribution in [3.05, 3.63) is 28.8 Å². The standard InChI is InChI=1S/C17H24ClN3/c1-3-8-21-9-6-14(7-10-21)13(2)20-16-4-5-17(18)15(11-16)12-19/h4-5,11,13-14,20H,3,6-10H2,1-2H3. The molecule has 2 rings (SSSR count). The smallest absolute Gasteiger partial charge is 0.101 e. The fourth-order valence-electron chi connectivity index (χ4n) is 3.07. The van der Waals surface area contributed by atoms with Crippen molar-refractivity contribution in [3.63, 3.8) is 0 Å². The molecule has 21 heavy (non-hydrogen) atoms. The van der Waals surface area contributed by atoms with E-state index in [0.717, 1.165) is 5.69 Å². The second-order valence-corrected chi connectivity index (χ2v) is 6.33. The lowest BCUT2D eigenvalue weighted by molar-refractivity contribution is 0.176. The topological polar surface area (TPSA) is 39.1 Å². The number of anilines is 1. The Kier molecular flexibility index (Phi) is 5.90. The molecule has 0 saturated carbocycles. The number of benzene rings is 1. The molecule has 3 nitrogen and oxygen atoms in total. The molecule has 114 valence electrons. The van der Waals surface area contributed by atoms with Crippen molar-refractivity contribution >= 4 is 17.3 Å². The van der Waals surface area contributed by atoms with Crippen LogP contribution in [0.4, 0.5) is 5.69 Å². The lowest BCUT2D eigenvalue weighted by atomic mass is 9.90. The van der Waals surface area contributed by atoms with E-state index in [0.29, 0.717) is 22.5 Å². The van der Waals surface area contributed by atoms with Crippen molar-refractivity contribution in [1.29, 1.82) is 5.26 Å². The Balaban J connectivity index is 1.90.